The van der Waals surface area contributed by atoms with Crippen molar-refractivity contribution in [2.75, 3.05) is 14.2 Å². The van der Waals surface area contributed by atoms with Crippen LogP contribution in [0.1, 0.15) is 32.1 Å². The first kappa shape index (κ1) is 22.6. The number of aromatic nitrogens is 2. The predicted molar refractivity (Wildman–Crippen MR) is 130 cm³/mol. The molecule has 6 nitrogen and oxygen atoms in total. The predicted octanol–water partition coefficient (Wildman–Crippen LogP) is 5.74. The third-order valence-corrected chi connectivity index (χ3v) is 5.97. The van der Waals surface area contributed by atoms with E-state index in [1.165, 1.54) is 14.2 Å². The van der Waals surface area contributed by atoms with Crippen LogP contribution >= 0.6 is 15.9 Å². The second kappa shape index (κ2) is 9.50. The number of esters is 2. The number of alkyl halides is 1. The molecule has 166 valence electrons. The van der Waals surface area contributed by atoms with Gasteiger partial charge in [0.15, 0.2) is 0 Å². The Bertz CT molecular complexity index is 1350. The van der Waals surface area contributed by atoms with Crippen LogP contribution in [0, 0.1) is 6.92 Å². The standard InChI is InChI=1S/C26H21BrN2O4/c1-15-24(14-27)29-23-13-21(17-6-10-19(11-7-17)26(31)33-3)20(12-22(23)28-15)16-4-8-18(9-5-16)25(30)32-2/h4-13H,14H2,1-3H3. The summed E-state index contributed by atoms with van der Waals surface area (Å²) in [4.78, 5) is 33.2. The van der Waals surface area contributed by atoms with Gasteiger partial charge in [0, 0.05) is 5.33 Å². The molecule has 0 N–H and O–H groups in total. The Morgan fingerprint density at radius 2 is 1.18 bits per heavy atom. The number of methoxy groups -OCH3 is 2. The summed E-state index contributed by atoms with van der Waals surface area (Å²) < 4.78 is 9.62. The molecular formula is C26H21BrN2O4. The molecule has 0 aliphatic carbocycles. The largest absolute Gasteiger partial charge is 0.465 e. The summed E-state index contributed by atoms with van der Waals surface area (Å²) in [6.07, 6.45) is 0. The summed E-state index contributed by atoms with van der Waals surface area (Å²) in [6, 6.07) is 18.5. The van der Waals surface area contributed by atoms with Crippen molar-refractivity contribution in [1.82, 2.24) is 9.97 Å². The van der Waals surface area contributed by atoms with Crippen molar-refractivity contribution in [2.24, 2.45) is 0 Å². The summed E-state index contributed by atoms with van der Waals surface area (Å²) >= 11 is 3.48. The summed E-state index contributed by atoms with van der Waals surface area (Å²) in [5.74, 6) is -0.774. The first-order valence-corrected chi connectivity index (χ1v) is 11.3. The minimum atomic E-state index is -0.387. The van der Waals surface area contributed by atoms with E-state index in [0.29, 0.717) is 16.5 Å². The average molecular weight is 505 g/mol. The Morgan fingerprint density at radius 3 is 1.58 bits per heavy atom. The van der Waals surface area contributed by atoms with Crippen LogP contribution in [0.4, 0.5) is 0 Å². The van der Waals surface area contributed by atoms with E-state index < -0.39 is 0 Å². The molecule has 0 saturated carbocycles. The van der Waals surface area contributed by atoms with Gasteiger partial charge in [0.25, 0.3) is 0 Å². The summed E-state index contributed by atoms with van der Waals surface area (Å²) in [5.41, 5.74) is 7.95. The van der Waals surface area contributed by atoms with E-state index in [1.807, 2.05) is 43.3 Å². The van der Waals surface area contributed by atoms with Crippen LogP contribution in [-0.4, -0.2) is 36.1 Å². The molecule has 1 aromatic heterocycles. The zero-order valence-corrected chi connectivity index (χ0v) is 20.0. The Kier molecular flexibility index (Phi) is 6.51. The molecule has 0 saturated heterocycles. The number of fused-ring (bicyclic) bond motifs is 1. The summed E-state index contributed by atoms with van der Waals surface area (Å²) in [6.45, 7) is 1.94. The van der Waals surface area contributed by atoms with E-state index in [1.54, 1.807) is 24.3 Å². The Hall–Kier alpha value is -3.58. The highest BCUT2D eigenvalue weighted by Gasteiger charge is 2.15. The molecule has 33 heavy (non-hydrogen) atoms. The van der Waals surface area contributed by atoms with Gasteiger partial charge >= 0.3 is 11.9 Å². The molecule has 3 aromatic carbocycles. The van der Waals surface area contributed by atoms with Crippen LogP contribution < -0.4 is 0 Å². The minimum absolute atomic E-state index is 0.387. The van der Waals surface area contributed by atoms with Crippen LogP contribution in [0.3, 0.4) is 0 Å². The number of hydrogen-bond donors (Lipinski definition) is 0. The number of halogens is 1. The number of benzene rings is 3. The van der Waals surface area contributed by atoms with Crippen LogP contribution in [0.5, 0.6) is 0 Å². The quantitative estimate of drug-likeness (QED) is 0.254. The molecule has 1 heterocycles. The zero-order valence-electron chi connectivity index (χ0n) is 18.4. The number of carbonyl (C=O) groups is 2. The number of hydrogen-bond acceptors (Lipinski definition) is 6. The number of aryl methyl sites for hydroxylation is 1. The molecule has 0 fully saturated rings. The zero-order chi connectivity index (χ0) is 23.5. The fourth-order valence-electron chi connectivity index (χ4n) is 3.64. The lowest BCUT2D eigenvalue weighted by Gasteiger charge is -2.14. The smallest absolute Gasteiger partial charge is 0.337 e. The van der Waals surface area contributed by atoms with E-state index in [9.17, 15) is 9.59 Å². The van der Waals surface area contributed by atoms with Gasteiger partial charge in [0.1, 0.15) is 0 Å². The third-order valence-electron chi connectivity index (χ3n) is 5.44. The molecule has 4 rings (SSSR count). The second-order valence-corrected chi connectivity index (χ2v) is 7.97. The lowest BCUT2D eigenvalue weighted by atomic mass is 9.92. The van der Waals surface area contributed by atoms with Crippen molar-refractivity contribution in [2.45, 2.75) is 12.3 Å². The van der Waals surface area contributed by atoms with Gasteiger partial charge in [-0.05, 0) is 65.6 Å². The Balaban J connectivity index is 1.91. The molecule has 0 unspecified atom stereocenters. The summed E-state index contributed by atoms with van der Waals surface area (Å²) in [7, 11) is 2.72. The van der Waals surface area contributed by atoms with Crippen molar-refractivity contribution in [3.63, 3.8) is 0 Å². The molecule has 0 atom stereocenters. The second-order valence-electron chi connectivity index (χ2n) is 7.41. The van der Waals surface area contributed by atoms with Gasteiger partial charge in [0.05, 0.1) is 47.8 Å². The summed E-state index contributed by atoms with van der Waals surface area (Å²) in [5, 5.41) is 0.613. The van der Waals surface area contributed by atoms with Crippen molar-refractivity contribution >= 4 is 38.9 Å². The van der Waals surface area contributed by atoms with Gasteiger partial charge in [-0.25, -0.2) is 19.6 Å². The number of nitrogens with zero attached hydrogens (tertiary/aromatic N) is 2. The van der Waals surface area contributed by atoms with Crippen molar-refractivity contribution < 1.29 is 19.1 Å². The molecule has 7 heteroatoms. The van der Waals surface area contributed by atoms with Crippen molar-refractivity contribution in [3.8, 4) is 22.3 Å². The lowest BCUT2D eigenvalue weighted by molar-refractivity contribution is 0.0592. The molecule has 0 spiro atoms. The lowest BCUT2D eigenvalue weighted by Crippen LogP contribution is -2.01. The van der Waals surface area contributed by atoms with Crippen molar-refractivity contribution in [1.29, 1.82) is 0 Å². The van der Waals surface area contributed by atoms with Crippen LogP contribution in [0.25, 0.3) is 33.3 Å². The highest BCUT2D eigenvalue weighted by atomic mass is 79.9. The van der Waals surface area contributed by atoms with Gasteiger partial charge in [-0.15, -0.1) is 0 Å². The Morgan fingerprint density at radius 1 is 0.758 bits per heavy atom. The van der Waals surface area contributed by atoms with Crippen LogP contribution in [0.15, 0.2) is 60.7 Å². The first-order chi connectivity index (χ1) is 15.9. The van der Waals surface area contributed by atoms with E-state index in [0.717, 1.165) is 44.7 Å². The number of rotatable bonds is 5. The molecule has 0 bridgehead atoms. The first-order valence-electron chi connectivity index (χ1n) is 10.2. The average Bonchev–Trinajstić information content (AvgIpc) is 2.86. The monoisotopic (exact) mass is 504 g/mol. The van der Waals surface area contributed by atoms with Gasteiger partial charge in [0.2, 0.25) is 0 Å². The molecule has 0 aliphatic heterocycles. The number of ether oxygens (including phenoxy) is 2. The van der Waals surface area contributed by atoms with Gasteiger partial charge in [-0.3, -0.25) is 0 Å². The molecule has 0 aliphatic rings. The minimum Gasteiger partial charge on any atom is -0.465 e. The molecular weight excluding hydrogens is 484 g/mol. The topological polar surface area (TPSA) is 78.4 Å². The maximum atomic E-state index is 11.9. The van der Waals surface area contributed by atoms with E-state index >= 15 is 0 Å². The van der Waals surface area contributed by atoms with Crippen molar-refractivity contribution in [3.05, 3.63) is 83.2 Å². The van der Waals surface area contributed by atoms with Crippen LogP contribution in [0.2, 0.25) is 0 Å². The van der Waals surface area contributed by atoms with E-state index in [-0.39, 0.29) is 11.9 Å². The van der Waals surface area contributed by atoms with Gasteiger partial charge < -0.3 is 9.47 Å². The third kappa shape index (κ3) is 4.50. The molecule has 0 amide bonds. The molecule has 4 aromatic rings. The molecule has 0 radical (unpaired) electrons. The van der Waals surface area contributed by atoms with E-state index in [4.69, 9.17) is 19.4 Å². The fourth-order valence-corrected chi connectivity index (χ4v) is 4.17. The SMILES string of the molecule is COC(=O)c1ccc(-c2cc3nc(C)c(CBr)nc3cc2-c2ccc(C(=O)OC)cc2)cc1. The van der Waals surface area contributed by atoms with Crippen LogP contribution in [-0.2, 0) is 14.8 Å². The van der Waals surface area contributed by atoms with E-state index in [2.05, 4.69) is 15.9 Å². The Labute approximate surface area is 199 Å². The fraction of sp³-hybridized carbons (Fsp3) is 0.154. The maximum absolute atomic E-state index is 11.9. The van der Waals surface area contributed by atoms with Gasteiger partial charge in [-0.1, -0.05) is 40.2 Å². The highest BCUT2D eigenvalue weighted by Crippen LogP contribution is 2.35. The van der Waals surface area contributed by atoms with Gasteiger partial charge in [-0.2, -0.15) is 0 Å². The normalized spacial score (nSPS) is 10.8. The highest BCUT2D eigenvalue weighted by molar-refractivity contribution is 9.08. The number of carbonyl (C=O) groups excluding carboxylic acids is 2. The maximum Gasteiger partial charge on any atom is 0.337 e.